The maximum atomic E-state index is 12.5. The SMILES string of the molecule is CCc1ccc(O[C@@H](C)C(=O)NCc2nnc(SCC(=O)Nc3cccc(C)c3)n2CC)cc1. The number of carbonyl (C=O) groups excluding carboxylic acids is 2. The van der Waals surface area contributed by atoms with E-state index in [9.17, 15) is 9.59 Å². The van der Waals surface area contributed by atoms with E-state index in [1.807, 2.05) is 66.9 Å². The largest absolute Gasteiger partial charge is 0.481 e. The van der Waals surface area contributed by atoms with Crippen LogP contribution in [0.15, 0.2) is 53.7 Å². The summed E-state index contributed by atoms with van der Waals surface area (Å²) >= 11 is 1.31. The number of aromatic nitrogens is 3. The molecule has 0 aliphatic carbocycles. The fourth-order valence-electron chi connectivity index (χ4n) is 3.30. The molecule has 2 N–H and O–H groups in total. The van der Waals surface area contributed by atoms with Gasteiger partial charge in [0.2, 0.25) is 5.91 Å². The molecule has 2 amide bonds. The van der Waals surface area contributed by atoms with Crippen LogP contribution in [0.5, 0.6) is 5.75 Å². The molecule has 1 aromatic heterocycles. The fourth-order valence-corrected chi connectivity index (χ4v) is 4.12. The summed E-state index contributed by atoms with van der Waals surface area (Å²) in [5, 5.41) is 14.8. The topological polar surface area (TPSA) is 98.1 Å². The van der Waals surface area contributed by atoms with Gasteiger partial charge in [0.05, 0.1) is 12.3 Å². The number of amides is 2. The van der Waals surface area contributed by atoms with Crippen LogP contribution in [0.2, 0.25) is 0 Å². The minimum atomic E-state index is -0.648. The molecule has 9 heteroatoms. The van der Waals surface area contributed by atoms with Gasteiger partial charge >= 0.3 is 0 Å². The number of carbonyl (C=O) groups is 2. The maximum absolute atomic E-state index is 12.5. The summed E-state index contributed by atoms with van der Waals surface area (Å²) in [5.41, 5.74) is 3.06. The first-order chi connectivity index (χ1) is 16.4. The average Bonchev–Trinajstić information content (AvgIpc) is 3.23. The Morgan fingerprint density at radius 2 is 1.88 bits per heavy atom. The molecular weight excluding hydrogens is 450 g/mol. The van der Waals surface area contributed by atoms with Crippen molar-refractivity contribution in [1.29, 1.82) is 0 Å². The van der Waals surface area contributed by atoms with Crippen molar-refractivity contribution in [2.24, 2.45) is 0 Å². The predicted octanol–water partition coefficient (Wildman–Crippen LogP) is 3.98. The number of hydrogen-bond donors (Lipinski definition) is 2. The highest BCUT2D eigenvalue weighted by molar-refractivity contribution is 7.99. The number of nitrogens with one attached hydrogen (secondary N) is 2. The fraction of sp³-hybridized carbons (Fsp3) is 0.360. The van der Waals surface area contributed by atoms with Crippen molar-refractivity contribution in [3.63, 3.8) is 0 Å². The van der Waals surface area contributed by atoms with E-state index in [1.54, 1.807) is 6.92 Å². The van der Waals surface area contributed by atoms with Gasteiger partial charge in [-0.2, -0.15) is 0 Å². The number of rotatable bonds is 11. The van der Waals surface area contributed by atoms with Crippen molar-refractivity contribution in [2.75, 3.05) is 11.1 Å². The van der Waals surface area contributed by atoms with Crippen molar-refractivity contribution < 1.29 is 14.3 Å². The summed E-state index contributed by atoms with van der Waals surface area (Å²) in [6.45, 7) is 8.59. The molecule has 0 spiro atoms. The zero-order chi connectivity index (χ0) is 24.5. The van der Waals surface area contributed by atoms with E-state index in [0.29, 0.717) is 23.3 Å². The zero-order valence-electron chi connectivity index (χ0n) is 20.0. The van der Waals surface area contributed by atoms with E-state index < -0.39 is 6.10 Å². The van der Waals surface area contributed by atoms with Gasteiger partial charge in [-0.25, -0.2) is 0 Å². The van der Waals surface area contributed by atoms with Gasteiger partial charge in [0.1, 0.15) is 5.75 Å². The van der Waals surface area contributed by atoms with Gasteiger partial charge in [0, 0.05) is 12.2 Å². The molecule has 8 nitrogen and oxygen atoms in total. The van der Waals surface area contributed by atoms with Crippen LogP contribution in [-0.4, -0.2) is 38.4 Å². The Morgan fingerprint density at radius 1 is 1.12 bits per heavy atom. The first-order valence-corrected chi connectivity index (χ1v) is 12.3. The van der Waals surface area contributed by atoms with Crippen LogP contribution in [0.4, 0.5) is 5.69 Å². The van der Waals surface area contributed by atoms with Crippen molar-refractivity contribution in [1.82, 2.24) is 20.1 Å². The second-order valence-corrected chi connectivity index (χ2v) is 8.77. The standard InChI is InChI=1S/C25H31N5O3S/c1-5-19-10-12-21(13-11-19)33-18(4)24(32)26-15-22-28-29-25(30(22)6-2)34-16-23(31)27-20-9-7-8-17(3)14-20/h7-14,18H,5-6,15-16H2,1-4H3,(H,26,32)(H,27,31)/t18-/m0/s1. The normalized spacial score (nSPS) is 11.6. The lowest BCUT2D eigenvalue weighted by Gasteiger charge is -2.15. The van der Waals surface area contributed by atoms with Crippen LogP contribution < -0.4 is 15.4 Å². The van der Waals surface area contributed by atoms with E-state index in [0.717, 1.165) is 17.7 Å². The van der Waals surface area contributed by atoms with E-state index in [4.69, 9.17) is 4.74 Å². The zero-order valence-corrected chi connectivity index (χ0v) is 20.8. The minimum Gasteiger partial charge on any atom is -0.481 e. The summed E-state index contributed by atoms with van der Waals surface area (Å²) in [6.07, 6.45) is 0.302. The van der Waals surface area contributed by atoms with E-state index in [1.165, 1.54) is 17.3 Å². The third kappa shape index (κ3) is 7.08. The summed E-state index contributed by atoms with van der Waals surface area (Å²) in [6, 6.07) is 15.4. The third-order valence-corrected chi connectivity index (χ3v) is 6.15. The lowest BCUT2D eigenvalue weighted by molar-refractivity contribution is -0.127. The van der Waals surface area contributed by atoms with Crippen LogP contribution in [0.1, 0.15) is 37.7 Å². The minimum absolute atomic E-state index is 0.117. The Morgan fingerprint density at radius 3 is 2.56 bits per heavy atom. The molecule has 3 rings (SSSR count). The molecule has 0 aliphatic heterocycles. The number of anilines is 1. The lowest BCUT2D eigenvalue weighted by Crippen LogP contribution is -2.36. The molecule has 0 fully saturated rings. The molecular formula is C25H31N5O3S. The third-order valence-electron chi connectivity index (χ3n) is 5.18. The molecule has 34 heavy (non-hydrogen) atoms. The lowest BCUT2D eigenvalue weighted by atomic mass is 10.2. The molecule has 0 bridgehead atoms. The second-order valence-electron chi connectivity index (χ2n) is 7.82. The predicted molar refractivity (Wildman–Crippen MR) is 134 cm³/mol. The maximum Gasteiger partial charge on any atom is 0.261 e. The molecule has 3 aromatic rings. The number of hydrogen-bond acceptors (Lipinski definition) is 6. The molecule has 2 aromatic carbocycles. The Hall–Kier alpha value is -3.33. The van der Waals surface area contributed by atoms with Gasteiger partial charge in [-0.05, 0) is 62.6 Å². The molecule has 0 unspecified atom stereocenters. The summed E-state index contributed by atoms with van der Waals surface area (Å²) < 4.78 is 7.63. The molecule has 0 saturated heterocycles. The number of aryl methyl sites for hydroxylation is 2. The number of nitrogens with zero attached hydrogens (tertiary/aromatic N) is 3. The Kier molecular flexibility index (Phi) is 9.09. The first kappa shape index (κ1) is 25.3. The average molecular weight is 482 g/mol. The summed E-state index contributed by atoms with van der Waals surface area (Å²) in [7, 11) is 0. The quantitative estimate of drug-likeness (QED) is 0.402. The van der Waals surface area contributed by atoms with E-state index in [2.05, 4.69) is 27.8 Å². The van der Waals surface area contributed by atoms with Crippen molar-refractivity contribution in [3.05, 3.63) is 65.5 Å². The molecule has 0 saturated carbocycles. The number of thioether (sulfide) groups is 1. The van der Waals surface area contributed by atoms with Gasteiger partial charge in [-0.1, -0.05) is 43.0 Å². The molecule has 0 radical (unpaired) electrons. The highest BCUT2D eigenvalue weighted by Crippen LogP contribution is 2.18. The smallest absolute Gasteiger partial charge is 0.261 e. The van der Waals surface area contributed by atoms with Gasteiger partial charge in [0.25, 0.3) is 5.91 Å². The van der Waals surface area contributed by atoms with Gasteiger partial charge in [0.15, 0.2) is 17.1 Å². The van der Waals surface area contributed by atoms with E-state index in [-0.39, 0.29) is 24.1 Å². The Labute approximate surface area is 204 Å². The Balaban J connectivity index is 1.50. The van der Waals surface area contributed by atoms with Crippen LogP contribution in [0.25, 0.3) is 0 Å². The second kappa shape index (κ2) is 12.2. The van der Waals surface area contributed by atoms with Crippen LogP contribution in [0, 0.1) is 6.92 Å². The van der Waals surface area contributed by atoms with Crippen molar-refractivity contribution >= 4 is 29.3 Å². The highest BCUT2D eigenvalue weighted by atomic mass is 32.2. The summed E-state index contributed by atoms with van der Waals surface area (Å²) in [5.74, 6) is 1.13. The molecule has 0 aliphatic rings. The van der Waals surface area contributed by atoms with Crippen molar-refractivity contribution in [3.8, 4) is 5.75 Å². The van der Waals surface area contributed by atoms with Crippen molar-refractivity contribution in [2.45, 2.75) is 58.5 Å². The van der Waals surface area contributed by atoms with Gasteiger partial charge < -0.3 is 19.9 Å². The molecule has 1 heterocycles. The Bertz CT molecular complexity index is 1110. The van der Waals surface area contributed by atoms with E-state index >= 15 is 0 Å². The number of benzene rings is 2. The monoisotopic (exact) mass is 481 g/mol. The summed E-state index contributed by atoms with van der Waals surface area (Å²) in [4.78, 5) is 24.8. The first-order valence-electron chi connectivity index (χ1n) is 11.3. The molecule has 1 atom stereocenters. The highest BCUT2D eigenvalue weighted by Gasteiger charge is 2.18. The van der Waals surface area contributed by atoms with Gasteiger partial charge in [-0.3, -0.25) is 9.59 Å². The van der Waals surface area contributed by atoms with Gasteiger partial charge in [-0.15, -0.1) is 10.2 Å². The van der Waals surface area contributed by atoms with Crippen LogP contribution in [-0.2, 0) is 29.1 Å². The van der Waals surface area contributed by atoms with Crippen LogP contribution >= 0.6 is 11.8 Å². The van der Waals surface area contributed by atoms with Crippen LogP contribution in [0.3, 0.4) is 0 Å². The number of ether oxygens (including phenoxy) is 1. The molecule has 180 valence electrons.